The van der Waals surface area contributed by atoms with Crippen LogP contribution >= 0.6 is 31.9 Å². The largest absolute Gasteiger partial charge is 0.468 e. The Balaban J connectivity index is 0.000000237. The molecule has 1 aliphatic heterocycles. The van der Waals surface area contributed by atoms with Gasteiger partial charge in [0.1, 0.15) is 17.6 Å². The summed E-state index contributed by atoms with van der Waals surface area (Å²) in [5, 5.41) is 0. The molecule has 3 heterocycles. The number of rotatable bonds is 10. The van der Waals surface area contributed by atoms with Gasteiger partial charge in [0.15, 0.2) is 10.9 Å². The molecule has 0 N–H and O–H groups in total. The van der Waals surface area contributed by atoms with Crippen molar-refractivity contribution in [2.24, 2.45) is 0 Å². The zero-order chi connectivity index (χ0) is 38.8. The highest BCUT2D eigenvalue weighted by atomic mass is 79.9. The zero-order valence-corrected chi connectivity index (χ0v) is 35.1. The smallest absolute Gasteiger partial charge is 0.291 e. The van der Waals surface area contributed by atoms with Crippen LogP contribution in [0.1, 0.15) is 84.6 Å². The van der Waals surface area contributed by atoms with E-state index in [1.54, 1.807) is 20.8 Å². The molecule has 0 aliphatic carbocycles. The quantitative estimate of drug-likeness (QED) is 0.147. The van der Waals surface area contributed by atoms with Crippen molar-refractivity contribution in [3.05, 3.63) is 157 Å². The third kappa shape index (κ3) is 11.4. The molecule has 0 saturated carbocycles. The highest BCUT2D eigenvalue weighted by Gasteiger charge is 2.28. The minimum Gasteiger partial charge on any atom is -0.468 e. The third-order valence-corrected chi connectivity index (χ3v) is 10.0. The van der Waals surface area contributed by atoms with Crippen LogP contribution in [-0.4, -0.2) is 20.8 Å². The van der Waals surface area contributed by atoms with E-state index in [0.717, 1.165) is 26.5 Å². The number of methoxy groups -OCH3 is 2. The average molecular weight is 849 g/mol. The normalized spacial score (nSPS) is 15.7. The molecule has 9 heteroatoms. The third-order valence-electron chi connectivity index (χ3n) is 8.94. The van der Waals surface area contributed by atoms with Crippen LogP contribution in [0, 0.1) is 27.7 Å². The van der Waals surface area contributed by atoms with Crippen LogP contribution < -0.4 is 20.3 Å². The fourth-order valence-electron chi connectivity index (χ4n) is 6.09. The summed E-state index contributed by atoms with van der Waals surface area (Å²) in [6.07, 6.45) is 10.5. The van der Waals surface area contributed by atoms with Crippen LogP contribution in [0.25, 0.3) is 12.2 Å². The van der Waals surface area contributed by atoms with E-state index < -0.39 is 0 Å². The fraction of sp³-hybridized carbons (Fsp3) is 0.318. The van der Waals surface area contributed by atoms with E-state index >= 15 is 0 Å². The highest BCUT2D eigenvalue weighted by molar-refractivity contribution is 9.10. The molecule has 4 aromatic rings. The lowest BCUT2D eigenvalue weighted by Crippen LogP contribution is -2.15. The molecule has 2 aromatic heterocycles. The molecule has 1 aliphatic rings. The van der Waals surface area contributed by atoms with Gasteiger partial charge in [0, 0.05) is 32.9 Å². The zero-order valence-electron chi connectivity index (χ0n) is 31.9. The van der Waals surface area contributed by atoms with E-state index in [0.29, 0.717) is 59.2 Å². The molecule has 1 unspecified atom stereocenters. The SMILES string of the molecule is COc1oc(C2C/C(=C/C(C)=C/c3ccc(Br)cc3)CO2)c(C)c(=O)c1C.COc1oc(CC/C(C)=C/C(C)=C/c2ccc(Br)cc2)c(C)c(=O)c1C. The molecule has 1 fully saturated rings. The van der Waals surface area contributed by atoms with Crippen molar-refractivity contribution in [3.8, 4) is 11.9 Å². The number of halogens is 2. The van der Waals surface area contributed by atoms with Gasteiger partial charge in [-0.2, -0.15) is 0 Å². The lowest BCUT2D eigenvalue weighted by atomic mass is 10.0. The van der Waals surface area contributed by atoms with E-state index in [4.69, 9.17) is 23.0 Å². The molecule has 2 aromatic carbocycles. The van der Waals surface area contributed by atoms with Gasteiger partial charge in [0.25, 0.3) is 11.9 Å². The van der Waals surface area contributed by atoms with Crippen LogP contribution in [0.5, 0.6) is 11.9 Å². The van der Waals surface area contributed by atoms with Gasteiger partial charge in [0.05, 0.1) is 32.0 Å². The number of hydrogen-bond acceptors (Lipinski definition) is 7. The Labute approximate surface area is 329 Å². The fourth-order valence-corrected chi connectivity index (χ4v) is 6.62. The molecule has 5 rings (SSSR count). The summed E-state index contributed by atoms with van der Waals surface area (Å²) in [6, 6.07) is 16.4. The summed E-state index contributed by atoms with van der Waals surface area (Å²) in [4.78, 5) is 24.6. The summed E-state index contributed by atoms with van der Waals surface area (Å²) >= 11 is 6.90. The van der Waals surface area contributed by atoms with Crippen molar-refractivity contribution in [2.45, 2.75) is 73.8 Å². The molecule has 7 nitrogen and oxygen atoms in total. The Morgan fingerprint density at radius 2 is 1.25 bits per heavy atom. The van der Waals surface area contributed by atoms with Gasteiger partial charge in [-0.25, -0.2) is 0 Å². The van der Waals surface area contributed by atoms with Gasteiger partial charge in [-0.05, 0) is 95.9 Å². The van der Waals surface area contributed by atoms with Crippen LogP contribution in [-0.2, 0) is 11.2 Å². The second-order valence-electron chi connectivity index (χ2n) is 13.3. The molecule has 0 bridgehead atoms. The van der Waals surface area contributed by atoms with Gasteiger partial charge in [-0.3, -0.25) is 9.59 Å². The van der Waals surface area contributed by atoms with Crippen molar-refractivity contribution in [3.63, 3.8) is 0 Å². The minimum absolute atomic E-state index is 0.00366. The van der Waals surface area contributed by atoms with Crippen molar-refractivity contribution in [1.29, 1.82) is 0 Å². The lowest BCUT2D eigenvalue weighted by molar-refractivity contribution is 0.0880. The molecular formula is C44H48Br2O7. The predicted molar refractivity (Wildman–Crippen MR) is 221 cm³/mol. The summed E-state index contributed by atoms with van der Waals surface area (Å²) < 4.78 is 30.0. The molecule has 0 spiro atoms. The van der Waals surface area contributed by atoms with E-state index in [1.165, 1.54) is 36.5 Å². The number of allylic oxidation sites excluding steroid dienone is 5. The Morgan fingerprint density at radius 3 is 1.79 bits per heavy atom. The van der Waals surface area contributed by atoms with Gasteiger partial charge in [0.2, 0.25) is 0 Å². The Bertz CT molecular complexity index is 2150. The number of ether oxygens (including phenoxy) is 3. The van der Waals surface area contributed by atoms with E-state index in [9.17, 15) is 9.59 Å². The highest BCUT2D eigenvalue weighted by Crippen LogP contribution is 2.36. The first-order chi connectivity index (χ1) is 25.2. The summed E-state index contributed by atoms with van der Waals surface area (Å²) in [7, 11) is 3.02. The van der Waals surface area contributed by atoms with Crippen LogP contribution in [0.2, 0.25) is 0 Å². The summed E-state index contributed by atoms with van der Waals surface area (Å²) in [6.45, 7) is 13.8. The number of benzene rings is 2. The molecular weight excluding hydrogens is 800 g/mol. The van der Waals surface area contributed by atoms with Crippen molar-refractivity contribution in [2.75, 3.05) is 20.8 Å². The molecule has 53 heavy (non-hydrogen) atoms. The maximum Gasteiger partial charge on any atom is 0.291 e. The van der Waals surface area contributed by atoms with Crippen LogP contribution in [0.3, 0.4) is 0 Å². The second kappa shape index (κ2) is 19.2. The standard InChI is InChI=1S/C22H23BrO4.C22H25BrO3/c1-13(9-16-5-7-18(23)8-6-16)10-17-11-19(26-12-17)21-14(2)20(24)15(3)22(25-4)27-21;1-14(12-15(2)13-18-7-9-19(23)10-8-18)6-11-20-16(3)21(24)17(4)22(25-5)26-20/h5-10,19H,11-12H2,1-4H3;7-10,12-13H,6,11H2,1-5H3/b13-9+,17-10-;14-12+,15-13+. The summed E-state index contributed by atoms with van der Waals surface area (Å²) in [5.41, 5.74) is 9.25. The molecule has 280 valence electrons. The van der Waals surface area contributed by atoms with Crippen molar-refractivity contribution in [1.82, 2.24) is 0 Å². The molecule has 0 radical (unpaired) electrons. The van der Waals surface area contributed by atoms with Crippen molar-refractivity contribution >= 4 is 44.0 Å². The van der Waals surface area contributed by atoms with Gasteiger partial charge in [-0.1, -0.05) is 97.1 Å². The number of aryl methyl sites for hydroxylation is 1. The lowest BCUT2D eigenvalue weighted by Gasteiger charge is -2.13. The van der Waals surface area contributed by atoms with Gasteiger partial charge < -0.3 is 23.0 Å². The Morgan fingerprint density at radius 1 is 0.736 bits per heavy atom. The maximum absolute atomic E-state index is 12.4. The first kappa shape index (κ1) is 41.6. The average Bonchev–Trinajstić information content (AvgIpc) is 3.59. The second-order valence-corrected chi connectivity index (χ2v) is 15.1. The monoisotopic (exact) mass is 846 g/mol. The topological polar surface area (TPSA) is 88.1 Å². The maximum atomic E-state index is 12.4. The van der Waals surface area contributed by atoms with Crippen molar-refractivity contribution < 1.29 is 23.0 Å². The Hall–Kier alpha value is -4.18. The van der Waals surface area contributed by atoms with Crippen LogP contribution in [0.4, 0.5) is 0 Å². The Kier molecular flexibility index (Phi) is 15.1. The first-order valence-corrected chi connectivity index (χ1v) is 19.0. The van der Waals surface area contributed by atoms with E-state index in [2.05, 4.69) is 101 Å². The van der Waals surface area contributed by atoms with E-state index in [1.807, 2.05) is 31.2 Å². The van der Waals surface area contributed by atoms with Gasteiger partial charge >= 0.3 is 0 Å². The molecule has 1 saturated heterocycles. The minimum atomic E-state index is -0.265. The summed E-state index contributed by atoms with van der Waals surface area (Å²) in [5.74, 6) is 1.82. The van der Waals surface area contributed by atoms with Crippen LogP contribution in [0.15, 0.2) is 110 Å². The molecule has 0 amide bonds. The van der Waals surface area contributed by atoms with Gasteiger partial charge in [-0.15, -0.1) is 0 Å². The predicted octanol–water partition coefficient (Wildman–Crippen LogP) is 11.5. The first-order valence-electron chi connectivity index (χ1n) is 17.4. The van der Waals surface area contributed by atoms with E-state index in [-0.39, 0.29) is 22.9 Å². The molecule has 1 atom stereocenters. The number of hydrogen-bond donors (Lipinski definition) is 0.